The van der Waals surface area contributed by atoms with Crippen LogP contribution in [0.2, 0.25) is 0 Å². The molecule has 1 aliphatic rings. The Morgan fingerprint density at radius 2 is 1.84 bits per heavy atom. The van der Waals surface area contributed by atoms with Gasteiger partial charge in [0.05, 0.1) is 29.4 Å². The standard InChI is InChI=1S/C28H31F3N4O2S/c1-5-34(6-2)15-16-38-27-33-25(21-13-11-20(18-32)12-14-21)24(26(36)37-7-3)19(4)35(27)23-10-8-9-22(17-23)28(29,30)31/h8-14,17,25H,5-7,15-16H2,1-4H3. The van der Waals surface area contributed by atoms with Crippen LogP contribution in [0.25, 0.3) is 0 Å². The number of halogens is 3. The number of rotatable bonds is 9. The molecule has 38 heavy (non-hydrogen) atoms. The summed E-state index contributed by atoms with van der Waals surface area (Å²) in [6.07, 6.45) is -4.52. The van der Waals surface area contributed by atoms with Crippen molar-refractivity contribution in [1.82, 2.24) is 4.90 Å². The monoisotopic (exact) mass is 544 g/mol. The van der Waals surface area contributed by atoms with Gasteiger partial charge in [-0.15, -0.1) is 0 Å². The predicted molar refractivity (Wildman–Crippen MR) is 145 cm³/mol. The average molecular weight is 545 g/mol. The summed E-state index contributed by atoms with van der Waals surface area (Å²) in [5.74, 6) is 0.0604. The van der Waals surface area contributed by atoms with E-state index in [0.29, 0.717) is 27.7 Å². The van der Waals surface area contributed by atoms with Crippen LogP contribution in [0.3, 0.4) is 0 Å². The fourth-order valence-electron chi connectivity index (χ4n) is 4.18. The second-order valence-electron chi connectivity index (χ2n) is 8.53. The highest BCUT2D eigenvalue weighted by Crippen LogP contribution is 2.40. The number of alkyl halides is 3. The summed E-state index contributed by atoms with van der Waals surface area (Å²) in [5.41, 5.74) is 1.29. The summed E-state index contributed by atoms with van der Waals surface area (Å²) < 4.78 is 46.1. The quantitative estimate of drug-likeness (QED) is 0.340. The van der Waals surface area contributed by atoms with Crippen molar-refractivity contribution in [2.75, 3.05) is 36.9 Å². The predicted octanol–water partition coefficient (Wildman–Crippen LogP) is 6.41. The van der Waals surface area contributed by atoms with Crippen LogP contribution < -0.4 is 4.90 Å². The highest BCUT2D eigenvalue weighted by Gasteiger charge is 2.36. The number of carbonyl (C=O) groups excluding carboxylic acids is 1. The molecule has 0 N–H and O–H groups in total. The first-order valence-electron chi connectivity index (χ1n) is 12.4. The Hall–Kier alpha value is -3.29. The van der Waals surface area contributed by atoms with Crippen molar-refractivity contribution in [3.63, 3.8) is 0 Å². The first-order chi connectivity index (χ1) is 18.1. The lowest BCUT2D eigenvalue weighted by atomic mass is 9.95. The molecule has 0 spiro atoms. The van der Waals surface area contributed by atoms with Crippen molar-refractivity contribution in [3.05, 3.63) is 76.5 Å². The molecule has 0 radical (unpaired) electrons. The largest absolute Gasteiger partial charge is 0.463 e. The summed E-state index contributed by atoms with van der Waals surface area (Å²) in [6, 6.07) is 13.1. The van der Waals surface area contributed by atoms with E-state index in [4.69, 9.17) is 9.73 Å². The van der Waals surface area contributed by atoms with Crippen LogP contribution >= 0.6 is 11.8 Å². The number of hydrogen-bond acceptors (Lipinski definition) is 7. The number of allylic oxidation sites excluding steroid dienone is 1. The smallest absolute Gasteiger partial charge is 0.416 e. The molecule has 0 saturated heterocycles. The number of ether oxygens (including phenoxy) is 1. The maximum Gasteiger partial charge on any atom is 0.416 e. The molecule has 0 fully saturated rings. The number of benzene rings is 2. The van der Waals surface area contributed by atoms with Gasteiger partial charge >= 0.3 is 12.1 Å². The van der Waals surface area contributed by atoms with Gasteiger partial charge in [-0.05, 0) is 62.8 Å². The maximum absolute atomic E-state index is 13.6. The van der Waals surface area contributed by atoms with E-state index in [0.717, 1.165) is 31.8 Å². The first kappa shape index (κ1) is 29.3. The second kappa shape index (κ2) is 13.0. The number of carbonyl (C=O) groups is 1. The van der Waals surface area contributed by atoms with E-state index in [1.54, 1.807) is 49.1 Å². The van der Waals surface area contributed by atoms with E-state index in [1.807, 2.05) is 0 Å². The lowest BCUT2D eigenvalue weighted by Gasteiger charge is -2.35. The van der Waals surface area contributed by atoms with Gasteiger partial charge in [-0.25, -0.2) is 9.79 Å². The van der Waals surface area contributed by atoms with Crippen LogP contribution in [-0.4, -0.2) is 48.0 Å². The molecular formula is C28H31F3N4O2S. The molecule has 1 heterocycles. The third-order valence-electron chi connectivity index (χ3n) is 6.25. The average Bonchev–Trinajstić information content (AvgIpc) is 2.90. The topological polar surface area (TPSA) is 68.9 Å². The molecular weight excluding hydrogens is 513 g/mol. The zero-order valence-electron chi connectivity index (χ0n) is 21.9. The Labute approximate surface area is 225 Å². The maximum atomic E-state index is 13.6. The Morgan fingerprint density at radius 3 is 2.42 bits per heavy atom. The van der Waals surface area contributed by atoms with E-state index in [1.165, 1.54) is 17.8 Å². The molecule has 3 rings (SSSR count). The Morgan fingerprint density at radius 1 is 1.16 bits per heavy atom. The van der Waals surface area contributed by atoms with Crippen molar-refractivity contribution in [2.24, 2.45) is 4.99 Å². The summed E-state index contributed by atoms with van der Waals surface area (Å²) in [7, 11) is 0. The minimum atomic E-state index is -4.52. The van der Waals surface area contributed by atoms with Gasteiger partial charge in [0, 0.05) is 23.7 Å². The minimum absolute atomic E-state index is 0.133. The third kappa shape index (κ3) is 6.77. The van der Waals surface area contributed by atoms with Crippen LogP contribution in [0.15, 0.2) is 64.8 Å². The van der Waals surface area contributed by atoms with Crippen molar-refractivity contribution in [1.29, 1.82) is 5.26 Å². The molecule has 10 heteroatoms. The number of nitrogens with zero attached hydrogens (tertiary/aromatic N) is 4. The molecule has 2 aromatic carbocycles. The summed E-state index contributed by atoms with van der Waals surface area (Å²) in [5, 5.41) is 9.68. The molecule has 0 bridgehead atoms. The van der Waals surface area contributed by atoms with Crippen LogP contribution in [-0.2, 0) is 15.7 Å². The van der Waals surface area contributed by atoms with E-state index in [-0.39, 0.29) is 17.9 Å². The lowest BCUT2D eigenvalue weighted by molar-refractivity contribution is -0.139. The van der Waals surface area contributed by atoms with Gasteiger partial charge in [0.2, 0.25) is 0 Å². The van der Waals surface area contributed by atoms with E-state index < -0.39 is 23.8 Å². The number of esters is 1. The SMILES string of the molecule is CCOC(=O)C1=C(C)N(c2cccc(C(F)(F)F)c2)C(SCCN(CC)CC)=NC1c1ccc(C#N)cc1. The number of nitriles is 1. The summed E-state index contributed by atoms with van der Waals surface area (Å²) in [4.78, 5) is 21.9. The molecule has 1 aliphatic heterocycles. The Balaban J connectivity index is 2.15. The molecule has 2 aromatic rings. The second-order valence-corrected chi connectivity index (χ2v) is 9.59. The summed E-state index contributed by atoms with van der Waals surface area (Å²) in [6.45, 7) is 10.2. The van der Waals surface area contributed by atoms with Crippen LogP contribution in [0, 0.1) is 11.3 Å². The van der Waals surface area contributed by atoms with Crippen LogP contribution in [0.5, 0.6) is 0 Å². The fourth-order valence-corrected chi connectivity index (χ4v) is 5.26. The van der Waals surface area contributed by atoms with Gasteiger partial charge in [-0.1, -0.05) is 43.8 Å². The van der Waals surface area contributed by atoms with Crippen molar-refractivity contribution >= 4 is 28.6 Å². The molecule has 0 amide bonds. The van der Waals surface area contributed by atoms with Gasteiger partial charge in [0.1, 0.15) is 6.04 Å². The van der Waals surface area contributed by atoms with E-state index >= 15 is 0 Å². The molecule has 0 aromatic heterocycles. The summed E-state index contributed by atoms with van der Waals surface area (Å²) >= 11 is 1.42. The highest BCUT2D eigenvalue weighted by molar-refractivity contribution is 8.14. The first-order valence-corrected chi connectivity index (χ1v) is 13.4. The fraction of sp³-hybridized carbons (Fsp3) is 0.393. The molecule has 0 aliphatic carbocycles. The van der Waals surface area contributed by atoms with Gasteiger partial charge in [-0.3, -0.25) is 4.90 Å². The zero-order valence-corrected chi connectivity index (χ0v) is 22.7. The van der Waals surface area contributed by atoms with Crippen molar-refractivity contribution in [2.45, 2.75) is 39.9 Å². The van der Waals surface area contributed by atoms with Gasteiger partial charge in [-0.2, -0.15) is 18.4 Å². The zero-order chi connectivity index (χ0) is 27.9. The highest BCUT2D eigenvalue weighted by atomic mass is 32.2. The van der Waals surface area contributed by atoms with Gasteiger partial charge in [0.25, 0.3) is 0 Å². The van der Waals surface area contributed by atoms with Crippen molar-refractivity contribution < 1.29 is 22.7 Å². The number of amidine groups is 1. The molecule has 1 unspecified atom stereocenters. The molecule has 202 valence electrons. The normalized spacial score (nSPS) is 15.9. The number of aliphatic imine (C=N–C) groups is 1. The number of anilines is 1. The van der Waals surface area contributed by atoms with Crippen LogP contribution in [0.1, 0.15) is 50.4 Å². The Bertz CT molecular complexity index is 1230. The molecule has 0 saturated carbocycles. The van der Waals surface area contributed by atoms with E-state index in [9.17, 15) is 23.2 Å². The molecule has 1 atom stereocenters. The third-order valence-corrected chi connectivity index (χ3v) is 7.18. The minimum Gasteiger partial charge on any atom is -0.463 e. The molecule has 6 nitrogen and oxygen atoms in total. The van der Waals surface area contributed by atoms with Gasteiger partial charge in [0.15, 0.2) is 5.17 Å². The lowest BCUT2D eigenvalue weighted by Crippen LogP contribution is -2.36. The Kier molecular flexibility index (Phi) is 10.00. The van der Waals surface area contributed by atoms with Crippen molar-refractivity contribution in [3.8, 4) is 6.07 Å². The number of thioether (sulfide) groups is 1. The van der Waals surface area contributed by atoms with Crippen LogP contribution in [0.4, 0.5) is 18.9 Å². The van der Waals surface area contributed by atoms with Gasteiger partial charge < -0.3 is 9.64 Å². The van der Waals surface area contributed by atoms with E-state index in [2.05, 4.69) is 24.8 Å². The number of hydrogen-bond donors (Lipinski definition) is 0.